The third-order valence-corrected chi connectivity index (χ3v) is 1.82. The average molecular weight is 180 g/mol. The van der Waals surface area contributed by atoms with Crippen LogP contribution in [0, 0.1) is 0 Å². The molecular weight excluding hydrogens is 168 g/mol. The van der Waals surface area contributed by atoms with Crippen LogP contribution in [0.1, 0.15) is 36.7 Å². The fraction of sp³-hybridized carbons (Fsp3) is 0.400. The Labute approximate surface area is 76.7 Å². The van der Waals surface area contributed by atoms with Crippen molar-refractivity contribution in [2.75, 3.05) is 0 Å². The van der Waals surface area contributed by atoms with Crippen LogP contribution in [-0.2, 0) is 4.79 Å². The Balaban J connectivity index is 2.39. The molecule has 0 spiro atoms. The van der Waals surface area contributed by atoms with Crippen LogP contribution in [-0.4, -0.2) is 11.6 Å². The van der Waals surface area contributed by atoms with Crippen LogP contribution in [0.2, 0.25) is 0 Å². The Hall–Kier alpha value is -1.38. The van der Waals surface area contributed by atoms with E-state index < -0.39 is 0 Å². The monoisotopic (exact) mass is 180 g/mol. The van der Waals surface area contributed by atoms with E-state index in [0.717, 1.165) is 0 Å². The number of hydrogen-bond donors (Lipinski definition) is 0. The summed E-state index contributed by atoms with van der Waals surface area (Å²) in [6, 6.07) is 3.27. The van der Waals surface area contributed by atoms with E-state index in [0.29, 0.717) is 18.6 Å². The highest BCUT2D eigenvalue weighted by molar-refractivity contribution is 5.95. The highest BCUT2D eigenvalue weighted by Crippen LogP contribution is 2.06. The molecule has 1 heterocycles. The van der Waals surface area contributed by atoms with E-state index in [9.17, 15) is 9.59 Å². The minimum atomic E-state index is -0.105. The first-order chi connectivity index (χ1) is 6.24. The first-order valence-electron chi connectivity index (χ1n) is 4.32. The zero-order valence-electron chi connectivity index (χ0n) is 7.58. The van der Waals surface area contributed by atoms with Gasteiger partial charge >= 0.3 is 0 Å². The van der Waals surface area contributed by atoms with Crippen molar-refractivity contribution in [3.05, 3.63) is 24.2 Å². The second kappa shape index (κ2) is 4.60. The molecule has 0 saturated carbocycles. The van der Waals surface area contributed by atoms with Crippen molar-refractivity contribution in [3.63, 3.8) is 0 Å². The lowest BCUT2D eigenvalue weighted by Crippen LogP contribution is -2.02. The van der Waals surface area contributed by atoms with E-state index >= 15 is 0 Å². The number of hydrogen-bond acceptors (Lipinski definition) is 3. The lowest BCUT2D eigenvalue weighted by molar-refractivity contribution is -0.118. The molecule has 0 atom stereocenters. The van der Waals surface area contributed by atoms with Gasteiger partial charge in [0.05, 0.1) is 6.26 Å². The van der Waals surface area contributed by atoms with Gasteiger partial charge < -0.3 is 4.42 Å². The van der Waals surface area contributed by atoms with Gasteiger partial charge in [-0.05, 0) is 12.1 Å². The zero-order valence-corrected chi connectivity index (χ0v) is 7.58. The van der Waals surface area contributed by atoms with Crippen LogP contribution in [0.4, 0.5) is 0 Å². The van der Waals surface area contributed by atoms with Crippen LogP contribution in [0.3, 0.4) is 0 Å². The molecule has 0 aliphatic rings. The molecule has 13 heavy (non-hydrogen) atoms. The van der Waals surface area contributed by atoms with Crippen molar-refractivity contribution in [1.82, 2.24) is 0 Å². The summed E-state index contributed by atoms with van der Waals surface area (Å²) in [5, 5.41) is 0. The van der Waals surface area contributed by atoms with E-state index in [1.165, 1.54) is 6.26 Å². The standard InChI is InChI=1S/C10H12O3/c1-2-8(11)5-6-9(12)10-4-3-7-13-10/h3-4,7H,2,5-6H2,1H3. The van der Waals surface area contributed by atoms with Crippen LogP contribution in [0.25, 0.3) is 0 Å². The summed E-state index contributed by atoms with van der Waals surface area (Å²) in [7, 11) is 0. The van der Waals surface area contributed by atoms with Gasteiger partial charge in [-0.15, -0.1) is 0 Å². The third kappa shape index (κ3) is 2.86. The molecule has 0 saturated heterocycles. The zero-order chi connectivity index (χ0) is 9.68. The van der Waals surface area contributed by atoms with Crippen LogP contribution < -0.4 is 0 Å². The summed E-state index contributed by atoms with van der Waals surface area (Å²) >= 11 is 0. The van der Waals surface area contributed by atoms with Crippen molar-refractivity contribution >= 4 is 11.6 Å². The van der Waals surface area contributed by atoms with Crippen molar-refractivity contribution < 1.29 is 14.0 Å². The number of furan rings is 1. The van der Waals surface area contributed by atoms with Crippen LogP contribution >= 0.6 is 0 Å². The molecule has 3 nitrogen and oxygen atoms in total. The SMILES string of the molecule is CCC(=O)CCC(=O)c1ccco1. The molecule has 0 bridgehead atoms. The number of ketones is 2. The fourth-order valence-corrected chi connectivity index (χ4v) is 0.990. The maximum absolute atomic E-state index is 11.3. The van der Waals surface area contributed by atoms with Crippen LogP contribution in [0.5, 0.6) is 0 Å². The van der Waals surface area contributed by atoms with E-state index in [4.69, 9.17) is 4.42 Å². The molecule has 0 N–H and O–H groups in total. The Kier molecular flexibility index (Phi) is 3.43. The maximum atomic E-state index is 11.3. The predicted molar refractivity (Wildman–Crippen MR) is 47.6 cm³/mol. The summed E-state index contributed by atoms with van der Waals surface area (Å²) < 4.78 is 4.90. The van der Waals surface area contributed by atoms with E-state index in [2.05, 4.69) is 0 Å². The first-order valence-corrected chi connectivity index (χ1v) is 4.32. The number of carbonyl (C=O) groups excluding carboxylic acids is 2. The Morgan fingerprint density at radius 3 is 2.69 bits per heavy atom. The summed E-state index contributed by atoms with van der Waals surface area (Å²) in [6.07, 6.45) is 2.51. The van der Waals surface area contributed by atoms with Crippen LogP contribution in [0.15, 0.2) is 22.8 Å². The van der Waals surface area contributed by atoms with Gasteiger partial charge in [-0.2, -0.15) is 0 Å². The highest BCUT2D eigenvalue weighted by atomic mass is 16.3. The molecule has 0 aromatic carbocycles. The summed E-state index contributed by atoms with van der Waals surface area (Å²) in [5.74, 6) is 0.343. The second-order valence-corrected chi connectivity index (χ2v) is 2.79. The molecule has 0 fully saturated rings. The lowest BCUT2D eigenvalue weighted by atomic mass is 10.1. The molecule has 0 amide bonds. The van der Waals surface area contributed by atoms with E-state index in [-0.39, 0.29) is 18.0 Å². The Morgan fingerprint density at radius 2 is 2.15 bits per heavy atom. The van der Waals surface area contributed by atoms with E-state index in [1.54, 1.807) is 19.1 Å². The summed E-state index contributed by atoms with van der Waals surface area (Å²) in [6.45, 7) is 1.79. The van der Waals surface area contributed by atoms with Crippen molar-refractivity contribution in [2.24, 2.45) is 0 Å². The predicted octanol–water partition coefficient (Wildman–Crippen LogP) is 2.22. The Morgan fingerprint density at radius 1 is 1.38 bits per heavy atom. The largest absolute Gasteiger partial charge is 0.461 e. The molecule has 0 unspecified atom stereocenters. The first kappa shape index (κ1) is 9.71. The van der Waals surface area contributed by atoms with Gasteiger partial charge in [0.25, 0.3) is 0 Å². The van der Waals surface area contributed by atoms with Crippen molar-refractivity contribution in [2.45, 2.75) is 26.2 Å². The fourth-order valence-electron chi connectivity index (χ4n) is 0.990. The molecule has 0 aliphatic heterocycles. The summed E-state index contributed by atoms with van der Waals surface area (Å²) in [5.41, 5.74) is 0. The molecule has 0 aliphatic carbocycles. The summed E-state index contributed by atoms with van der Waals surface area (Å²) in [4.78, 5) is 22.2. The topological polar surface area (TPSA) is 47.3 Å². The maximum Gasteiger partial charge on any atom is 0.198 e. The van der Waals surface area contributed by atoms with Gasteiger partial charge in [-0.3, -0.25) is 9.59 Å². The molecule has 1 aromatic rings. The van der Waals surface area contributed by atoms with E-state index in [1.807, 2.05) is 0 Å². The van der Waals surface area contributed by atoms with Crippen molar-refractivity contribution in [1.29, 1.82) is 0 Å². The average Bonchev–Trinajstić information content (AvgIpc) is 2.66. The van der Waals surface area contributed by atoms with Gasteiger partial charge in [0.15, 0.2) is 11.5 Å². The molecular formula is C10H12O3. The normalized spacial score (nSPS) is 9.92. The quantitative estimate of drug-likeness (QED) is 0.653. The van der Waals surface area contributed by atoms with Gasteiger partial charge in [-0.1, -0.05) is 6.92 Å². The van der Waals surface area contributed by atoms with Gasteiger partial charge in [0.2, 0.25) is 0 Å². The molecule has 1 rings (SSSR count). The minimum Gasteiger partial charge on any atom is -0.461 e. The molecule has 1 aromatic heterocycles. The number of carbonyl (C=O) groups is 2. The lowest BCUT2D eigenvalue weighted by Gasteiger charge is -1.95. The number of rotatable bonds is 5. The minimum absolute atomic E-state index is 0.105. The second-order valence-electron chi connectivity index (χ2n) is 2.79. The van der Waals surface area contributed by atoms with Gasteiger partial charge in [0.1, 0.15) is 5.78 Å². The Bertz CT molecular complexity index is 285. The molecule has 0 radical (unpaired) electrons. The molecule has 70 valence electrons. The third-order valence-electron chi connectivity index (χ3n) is 1.82. The van der Waals surface area contributed by atoms with Gasteiger partial charge in [0, 0.05) is 19.3 Å². The smallest absolute Gasteiger partial charge is 0.198 e. The number of Topliss-reactive ketones (excluding diaryl/α,β-unsaturated/α-hetero) is 2. The molecule has 3 heteroatoms. The van der Waals surface area contributed by atoms with Gasteiger partial charge in [-0.25, -0.2) is 0 Å². The highest BCUT2D eigenvalue weighted by Gasteiger charge is 2.09. The van der Waals surface area contributed by atoms with Crippen molar-refractivity contribution in [3.8, 4) is 0 Å².